The zero-order chi connectivity index (χ0) is 5.70. The Balaban J connectivity index is 2.83. The van der Waals surface area contributed by atoms with Crippen LogP contribution in [0.3, 0.4) is 0 Å². The number of aliphatic hydroxyl groups excluding tert-OH is 1. The van der Waals surface area contributed by atoms with Gasteiger partial charge in [-0.05, 0) is 6.92 Å². The minimum Gasteiger partial charge on any atom is -0.394 e. The zero-order valence-electron chi connectivity index (χ0n) is 4.13. The van der Waals surface area contributed by atoms with Gasteiger partial charge in [0.05, 0.1) is 19.1 Å². The molecule has 2 atom stereocenters. The van der Waals surface area contributed by atoms with Crippen LogP contribution in [-0.4, -0.2) is 24.2 Å². The van der Waals surface area contributed by atoms with Crippen molar-refractivity contribution in [2.24, 2.45) is 0 Å². The standard InChI is InChI=1S/C4H10O2P/c1-4(2-5)6-3-7/h4-5H,1-3,7H2. The maximum absolute atomic E-state index is 8.27. The highest BCUT2D eigenvalue weighted by atomic mass is 31.0. The largest absolute Gasteiger partial charge is 0.394 e. The van der Waals surface area contributed by atoms with Crippen molar-refractivity contribution in [3.8, 4) is 0 Å². The molecule has 2 nitrogen and oxygen atoms in total. The molecule has 0 aliphatic heterocycles. The summed E-state index contributed by atoms with van der Waals surface area (Å²) in [6.07, 6.45) is 0.270. The van der Waals surface area contributed by atoms with Crippen LogP contribution in [0.15, 0.2) is 0 Å². The fourth-order valence-electron chi connectivity index (χ4n) is 0.189. The minimum atomic E-state index is -0.266. The number of ether oxygens (including phenoxy) is 1. The van der Waals surface area contributed by atoms with Crippen LogP contribution in [0.4, 0.5) is 0 Å². The smallest absolute Gasteiger partial charge is 0.0811 e. The lowest BCUT2D eigenvalue weighted by atomic mass is 10.4. The number of aliphatic hydroxyl groups is 1. The third-order valence-electron chi connectivity index (χ3n) is 0.536. The van der Waals surface area contributed by atoms with Crippen molar-refractivity contribution in [1.82, 2.24) is 0 Å². The first kappa shape index (κ1) is 7.35. The van der Waals surface area contributed by atoms with E-state index in [0.717, 1.165) is 0 Å². The zero-order valence-corrected chi connectivity index (χ0v) is 5.29. The molecule has 43 valence electrons. The quantitative estimate of drug-likeness (QED) is 0.534. The molecule has 0 aliphatic carbocycles. The molecule has 0 fully saturated rings. The molecule has 3 heteroatoms. The highest BCUT2D eigenvalue weighted by Gasteiger charge is 1.93. The van der Waals surface area contributed by atoms with Crippen molar-refractivity contribution in [3.05, 3.63) is 6.92 Å². The van der Waals surface area contributed by atoms with Crippen LogP contribution in [0.5, 0.6) is 0 Å². The van der Waals surface area contributed by atoms with Crippen LogP contribution in [0, 0.1) is 6.92 Å². The van der Waals surface area contributed by atoms with E-state index in [2.05, 4.69) is 16.2 Å². The normalized spacial score (nSPS) is 14.1. The molecule has 2 unspecified atom stereocenters. The maximum atomic E-state index is 8.27. The molecule has 0 aromatic rings. The van der Waals surface area contributed by atoms with E-state index in [0.29, 0.717) is 6.35 Å². The van der Waals surface area contributed by atoms with Gasteiger partial charge in [0.25, 0.3) is 0 Å². The van der Waals surface area contributed by atoms with Crippen LogP contribution in [-0.2, 0) is 4.74 Å². The number of hydrogen-bond donors (Lipinski definition) is 1. The van der Waals surface area contributed by atoms with Gasteiger partial charge in [0.15, 0.2) is 0 Å². The van der Waals surface area contributed by atoms with Crippen molar-refractivity contribution in [3.63, 3.8) is 0 Å². The Morgan fingerprint density at radius 2 is 2.43 bits per heavy atom. The molecule has 0 heterocycles. The molecule has 7 heavy (non-hydrogen) atoms. The Labute approximate surface area is 46.1 Å². The molecule has 1 N–H and O–H groups in total. The third kappa shape index (κ3) is 4.20. The lowest BCUT2D eigenvalue weighted by molar-refractivity contribution is 0.0702. The summed E-state index contributed by atoms with van der Waals surface area (Å²) in [5.41, 5.74) is 0. The molecule has 0 amide bonds. The summed E-state index contributed by atoms with van der Waals surface area (Å²) >= 11 is 0. The molecule has 0 spiro atoms. The van der Waals surface area contributed by atoms with Crippen LogP contribution >= 0.6 is 9.24 Å². The molecule has 0 saturated carbocycles. The molecule has 1 radical (unpaired) electrons. The molecule has 0 aliphatic rings. The fraction of sp³-hybridized carbons (Fsp3) is 0.750. The predicted octanol–water partition coefficient (Wildman–Crippen LogP) is 0.0306. The first-order valence-electron chi connectivity index (χ1n) is 2.07. The topological polar surface area (TPSA) is 29.5 Å². The van der Waals surface area contributed by atoms with Crippen molar-refractivity contribution < 1.29 is 9.84 Å². The summed E-state index contributed by atoms with van der Waals surface area (Å²) in [6, 6.07) is 0. The summed E-state index contributed by atoms with van der Waals surface area (Å²) in [4.78, 5) is 0. The van der Waals surface area contributed by atoms with Gasteiger partial charge < -0.3 is 9.84 Å². The first-order valence-corrected chi connectivity index (χ1v) is 2.88. The molecular formula is C4H10O2P. The van der Waals surface area contributed by atoms with Crippen LogP contribution < -0.4 is 0 Å². The molecular weight excluding hydrogens is 111 g/mol. The van der Waals surface area contributed by atoms with Crippen LogP contribution in [0.1, 0.15) is 0 Å². The summed E-state index contributed by atoms with van der Waals surface area (Å²) in [5, 5.41) is 8.27. The second-order valence-electron chi connectivity index (χ2n) is 1.14. The van der Waals surface area contributed by atoms with E-state index in [1.807, 2.05) is 0 Å². The number of rotatable bonds is 3. The Morgan fingerprint density at radius 3 is 2.57 bits per heavy atom. The van der Waals surface area contributed by atoms with Crippen molar-refractivity contribution in [2.75, 3.05) is 13.0 Å². The van der Waals surface area contributed by atoms with E-state index in [9.17, 15) is 0 Å². The minimum absolute atomic E-state index is 0.00556. The average Bonchev–Trinajstić information content (AvgIpc) is 1.68. The second kappa shape index (κ2) is 4.51. The SMILES string of the molecule is [CH2]C(CO)OCP. The van der Waals surface area contributed by atoms with Crippen LogP contribution in [0.2, 0.25) is 0 Å². The second-order valence-corrected chi connectivity index (χ2v) is 1.47. The molecule has 0 saturated heterocycles. The van der Waals surface area contributed by atoms with E-state index in [1.165, 1.54) is 0 Å². The fourth-order valence-corrected chi connectivity index (χ4v) is 0.461. The lowest BCUT2D eigenvalue weighted by Gasteiger charge is -2.04. The molecule has 0 bridgehead atoms. The number of hydrogen-bond acceptors (Lipinski definition) is 2. The molecule has 0 aromatic heterocycles. The lowest BCUT2D eigenvalue weighted by Crippen LogP contribution is -2.11. The molecule has 0 rings (SSSR count). The summed E-state index contributed by atoms with van der Waals surface area (Å²) in [7, 11) is 2.38. The van der Waals surface area contributed by atoms with E-state index in [-0.39, 0.29) is 12.7 Å². The summed E-state index contributed by atoms with van der Waals surface area (Å²) in [5.74, 6) is 0. The maximum Gasteiger partial charge on any atom is 0.0811 e. The van der Waals surface area contributed by atoms with Gasteiger partial charge >= 0.3 is 0 Å². The summed E-state index contributed by atoms with van der Waals surface area (Å²) in [6.45, 7) is 3.46. The summed E-state index contributed by atoms with van der Waals surface area (Å²) < 4.78 is 4.79. The monoisotopic (exact) mass is 121 g/mol. The van der Waals surface area contributed by atoms with Gasteiger partial charge in [-0.2, -0.15) is 0 Å². The van der Waals surface area contributed by atoms with Crippen molar-refractivity contribution >= 4 is 9.24 Å². The van der Waals surface area contributed by atoms with Gasteiger partial charge in [-0.25, -0.2) is 0 Å². The Kier molecular flexibility index (Phi) is 4.73. The van der Waals surface area contributed by atoms with Gasteiger partial charge in [-0.3, -0.25) is 0 Å². The van der Waals surface area contributed by atoms with Gasteiger partial charge in [-0.15, -0.1) is 9.24 Å². The Bertz CT molecular complexity index is 40.7. The van der Waals surface area contributed by atoms with Gasteiger partial charge in [0, 0.05) is 0 Å². The Hall–Kier alpha value is 0.350. The highest BCUT2D eigenvalue weighted by molar-refractivity contribution is 7.16. The molecule has 0 aromatic carbocycles. The van der Waals surface area contributed by atoms with Gasteiger partial charge in [0.2, 0.25) is 0 Å². The average molecular weight is 121 g/mol. The van der Waals surface area contributed by atoms with E-state index < -0.39 is 0 Å². The first-order chi connectivity index (χ1) is 3.31. The predicted molar refractivity (Wildman–Crippen MR) is 31.9 cm³/mol. The van der Waals surface area contributed by atoms with E-state index in [1.54, 1.807) is 0 Å². The van der Waals surface area contributed by atoms with Gasteiger partial charge in [0.1, 0.15) is 0 Å². The third-order valence-corrected chi connectivity index (χ3v) is 0.728. The van der Waals surface area contributed by atoms with Gasteiger partial charge in [-0.1, -0.05) is 0 Å². The van der Waals surface area contributed by atoms with Crippen LogP contribution in [0.25, 0.3) is 0 Å². The highest BCUT2D eigenvalue weighted by Crippen LogP contribution is 1.90. The van der Waals surface area contributed by atoms with Crippen molar-refractivity contribution in [2.45, 2.75) is 6.10 Å². The van der Waals surface area contributed by atoms with Crippen molar-refractivity contribution in [1.29, 1.82) is 0 Å². The Morgan fingerprint density at radius 1 is 1.86 bits per heavy atom. The van der Waals surface area contributed by atoms with E-state index in [4.69, 9.17) is 9.84 Å². The van der Waals surface area contributed by atoms with E-state index >= 15 is 0 Å².